The zero-order valence-electron chi connectivity index (χ0n) is 11.0. The third-order valence-corrected chi connectivity index (χ3v) is 4.55. The maximum atomic E-state index is 13.4. The lowest BCUT2D eigenvalue weighted by Crippen LogP contribution is -2.26. The van der Waals surface area contributed by atoms with Gasteiger partial charge < -0.3 is 5.11 Å². The molecule has 1 fully saturated rings. The first-order valence-electron chi connectivity index (χ1n) is 6.81. The number of aryl methyl sites for hydroxylation is 1. The van der Waals surface area contributed by atoms with Gasteiger partial charge in [0, 0.05) is 19.1 Å². The van der Waals surface area contributed by atoms with Gasteiger partial charge in [-0.05, 0) is 42.0 Å². The second-order valence-corrected chi connectivity index (χ2v) is 5.77. The van der Waals surface area contributed by atoms with Gasteiger partial charge in [0.25, 0.3) is 0 Å². The number of carboxylic acid groups (broad SMARTS) is 1. The van der Waals surface area contributed by atoms with Crippen molar-refractivity contribution in [2.45, 2.75) is 25.8 Å². The molecule has 0 bridgehead atoms. The van der Waals surface area contributed by atoms with Crippen LogP contribution in [0.3, 0.4) is 0 Å². The molecule has 1 aliphatic carbocycles. The minimum Gasteiger partial charge on any atom is -0.481 e. The van der Waals surface area contributed by atoms with Crippen molar-refractivity contribution in [2.75, 3.05) is 13.1 Å². The van der Waals surface area contributed by atoms with Crippen LogP contribution in [0.15, 0.2) is 18.2 Å². The molecule has 2 aliphatic rings. The van der Waals surface area contributed by atoms with Crippen LogP contribution in [0.5, 0.6) is 0 Å². The fourth-order valence-electron chi connectivity index (χ4n) is 3.51. The van der Waals surface area contributed by atoms with E-state index in [0.717, 1.165) is 24.9 Å². The quantitative estimate of drug-likeness (QED) is 0.891. The molecule has 4 heteroatoms. The molecule has 0 radical (unpaired) electrons. The molecule has 0 saturated carbocycles. The molecule has 3 rings (SSSR count). The number of carbonyl (C=O) groups is 1. The SMILES string of the molecule is C[C@@H]1CN(C2CCc3ccc(F)cc32)C[C@H]1C(=O)O. The molecule has 0 spiro atoms. The molecule has 1 aromatic carbocycles. The van der Waals surface area contributed by atoms with E-state index in [9.17, 15) is 14.3 Å². The molecule has 1 N–H and O–H groups in total. The van der Waals surface area contributed by atoms with Gasteiger partial charge in [-0.3, -0.25) is 9.69 Å². The molecular weight excluding hydrogens is 245 g/mol. The Kier molecular flexibility index (Phi) is 3.05. The van der Waals surface area contributed by atoms with Crippen LogP contribution in [0.2, 0.25) is 0 Å². The average Bonchev–Trinajstić information content (AvgIpc) is 2.91. The predicted molar refractivity (Wildman–Crippen MR) is 69.3 cm³/mol. The van der Waals surface area contributed by atoms with Gasteiger partial charge in [-0.1, -0.05) is 13.0 Å². The summed E-state index contributed by atoms with van der Waals surface area (Å²) in [5, 5.41) is 9.20. The van der Waals surface area contributed by atoms with Gasteiger partial charge >= 0.3 is 5.97 Å². The van der Waals surface area contributed by atoms with Gasteiger partial charge in [-0.2, -0.15) is 0 Å². The molecule has 1 saturated heterocycles. The Hall–Kier alpha value is -1.42. The maximum Gasteiger partial charge on any atom is 0.308 e. The van der Waals surface area contributed by atoms with Crippen molar-refractivity contribution in [2.24, 2.45) is 11.8 Å². The van der Waals surface area contributed by atoms with Crippen molar-refractivity contribution in [3.8, 4) is 0 Å². The van der Waals surface area contributed by atoms with E-state index in [-0.39, 0.29) is 23.7 Å². The summed E-state index contributed by atoms with van der Waals surface area (Å²) in [4.78, 5) is 13.4. The van der Waals surface area contributed by atoms with Gasteiger partial charge in [0.15, 0.2) is 0 Å². The first-order chi connectivity index (χ1) is 9.06. The second-order valence-electron chi connectivity index (χ2n) is 5.77. The highest BCUT2D eigenvalue weighted by Crippen LogP contribution is 2.40. The number of nitrogens with zero attached hydrogens (tertiary/aromatic N) is 1. The van der Waals surface area contributed by atoms with E-state index in [1.54, 1.807) is 6.07 Å². The van der Waals surface area contributed by atoms with Crippen LogP contribution >= 0.6 is 0 Å². The number of hydrogen-bond donors (Lipinski definition) is 1. The van der Waals surface area contributed by atoms with Crippen LogP contribution in [-0.4, -0.2) is 29.1 Å². The van der Waals surface area contributed by atoms with E-state index in [0.29, 0.717) is 6.54 Å². The number of benzene rings is 1. The van der Waals surface area contributed by atoms with E-state index < -0.39 is 5.97 Å². The van der Waals surface area contributed by atoms with Crippen molar-refractivity contribution in [3.63, 3.8) is 0 Å². The summed E-state index contributed by atoms with van der Waals surface area (Å²) >= 11 is 0. The third-order valence-electron chi connectivity index (χ3n) is 4.55. The standard InChI is InChI=1S/C15H18FNO2/c1-9-7-17(8-13(9)15(18)19)14-5-3-10-2-4-11(16)6-12(10)14/h2,4,6,9,13-14H,3,5,7-8H2,1H3,(H,18,19)/t9-,13-,14?/m1/s1. The van der Waals surface area contributed by atoms with E-state index in [1.807, 2.05) is 13.0 Å². The van der Waals surface area contributed by atoms with Gasteiger partial charge in [0.05, 0.1) is 5.92 Å². The Labute approximate surface area is 112 Å². The molecule has 0 aromatic heterocycles. The highest BCUT2D eigenvalue weighted by atomic mass is 19.1. The van der Waals surface area contributed by atoms with Crippen molar-refractivity contribution in [1.82, 2.24) is 4.90 Å². The van der Waals surface area contributed by atoms with Crippen molar-refractivity contribution >= 4 is 5.97 Å². The Morgan fingerprint density at radius 3 is 2.89 bits per heavy atom. The van der Waals surface area contributed by atoms with Gasteiger partial charge in [-0.15, -0.1) is 0 Å². The van der Waals surface area contributed by atoms with Crippen molar-refractivity contribution in [1.29, 1.82) is 0 Å². The van der Waals surface area contributed by atoms with Crippen LogP contribution in [0.1, 0.15) is 30.5 Å². The molecule has 19 heavy (non-hydrogen) atoms. The number of likely N-dealkylation sites (tertiary alicyclic amines) is 1. The molecule has 0 amide bonds. The lowest BCUT2D eigenvalue weighted by molar-refractivity contribution is -0.142. The summed E-state index contributed by atoms with van der Waals surface area (Å²) in [5.41, 5.74) is 2.26. The first-order valence-corrected chi connectivity index (χ1v) is 6.81. The van der Waals surface area contributed by atoms with E-state index >= 15 is 0 Å². The lowest BCUT2D eigenvalue weighted by atomic mass is 9.99. The minimum absolute atomic E-state index is 0.162. The molecule has 3 nitrogen and oxygen atoms in total. The summed E-state index contributed by atoms with van der Waals surface area (Å²) in [7, 11) is 0. The summed E-state index contributed by atoms with van der Waals surface area (Å²) in [6.45, 7) is 3.36. The zero-order chi connectivity index (χ0) is 13.6. The Morgan fingerprint density at radius 1 is 1.42 bits per heavy atom. The highest BCUT2D eigenvalue weighted by Gasteiger charge is 2.39. The van der Waals surface area contributed by atoms with Gasteiger partial charge in [0.2, 0.25) is 0 Å². The van der Waals surface area contributed by atoms with Crippen LogP contribution in [-0.2, 0) is 11.2 Å². The number of aliphatic carboxylic acids is 1. The van der Waals surface area contributed by atoms with Crippen LogP contribution < -0.4 is 0 Å². The fourth-order valence-corrected chi connectivity index (χ4v) is 3.51. The smallest absolute Gasteiger partial charge is 0.308 e. The second kappa shape index (κ2) is 4.60. The van der Waals surface area contributed by atoms with Crippen LogP contribution in [0, 0.1) is 17.7 Å². The average molecular weight is 263 g/mol. The number of fused-ring (bicyclic) bond motifs is 1. The minimum atomic E-state index is -0.715. The predicted octanol–water partition coefficient (Wildman–Crippen LogP) is 2.47. The molecule has 1 aliphatic heterocycles. The largest absolute Gasteiger partial charge is 0.481 e. The van der Waals surface area contributed by atoms with E-state index in [2.05, 4.69) is 4.90 Å². The molecule has 1 aromatic rings. The number of halogens is 1. The Morgan fingerprint density at radius 2 is 2.21 bits per heavy atom. The molecule has 1 heterocycles. The summed E-state index contributed by atoms with van der Waals surface area (Å²) in [6, 6.07) is 5.18. The fraction of sp³-hybridized carbons (Fsp3) is 0.533. The molecule has 102 valence electrons. The number of rotatable bonds is 2. The normalized spacial score (nSPS) is 30.5. The topological polar surface area (TPSA) is 40.5 Å². The Balaban J connectivity index is 1.83. The number of hydrogen-bond acceptors (Lipinski definition) is 2. The molecular formula is C15H18FNO2. The van der Waals surface area contributed by atoms with E-state index in [1.165, 1.54) is 11.6 Å². The van der Waals surface area contributed by atoms with Gasteiger partial charge in [0.1, 0.15) is 5.82 Å². The maximum absolute atomic E-state index is 13.4. The molecule has 3 atom stereocenters. The first kappa shape index (κ1) is 12.6. The van der Waals surface area contributed by atoms with Crippen LogP contribution in [0.25, 0.3) is 0 Å². The van der Waals surface area contributed by atoms with E-state index in [4.69, 9.17) is 0 Å². The number of carboxylic acids is 1. The monoisotopic (exact) mass is 263 g/mol. The summed E-state index contributed by atoms with van der Waals surface area (Å²) in [5.74, 6) is -1.05. The van der Waals surface area contributed by atoms with Gasteiger partial charge in [-0.25, -0.2) is 4.39 Å². The highest BCUT2D eigenvalue weighted by molar-refractivity contribution is 5.71. The lowest BCUT2D eigenvalue weighted by Gasteiger charge is -2.24. The zero-order valence-corrected chi connectivity index (χ0v) is 11.0. The summed E-state index contributed by atoms with van der Waals surface area (Å²) in [6.07, 6.45) is 1.93. The third kappa shape index (κ3) is 2.14. The summed E-state index contributed by atoms with van der Waals surface area (Å²) < 4.78 is 13.4. The van der Waals surface area contributed by atoms with Crippen molar-refractivity contribution < 1.29 is 14.3 Å². The Bertz CT molecular complexity index is 517. The van der Waals surface area contributed by atoms with Crippen LogP contribution in [0.4, 0.5) is 4.39 Å². The van der Waals surface area contributed by atoms with Crippen molar-refractivity contribution in [3.05, 3.63) is 35.1 Å². The molecule has 1 unspecified atom stereocenters.